The van der Waals surface area contributed by atoms with Crippen LogP contribution in [-0.4, -0.2) is 68.3 Å². The average Bonchev–Trinajstić information content (AvgIpc) is 0. The topological polar surface area (TPSA) is 0 Å². The minimum atomic E-state index is 0. The number of hydrogen-bond donors (Lipinski definition) is 0. The van der Waals surface area contributed by atoms with Crippen LogP contribution in [0.25, 0.3) is 0 Å². The molecule has 0 nitrogen and oxygen atoms in total. The van der Waals surface area contributed by atoms with Crippen LogP contribution in [0.5, 0.6) is 0 Å². The summed E-state index contributed by atoms with van der Waals surface area (Å²) in [5.74, 6) is 0. The van der Waals surface area contributed by atoms with Gasteiger partial charge in [0.15, 0.2) is 0 Å². The average molecular weight is 426 g/mol. The van der Waals surface area contributed by atoms with Crippen LogP contribution in [0.2, 0.25) is 0 Å². The molecule has 38 valence electrons. The predicted molar refractivity (Wildman–Crippen MR) is 23.0 cm³/mol. The SMILES string of the molecule is [Li+].[Li+].[Mo].[Se-2].[Se-2].[Se-2].[Se-2]. The minimum absolute atomic E-state index is 0. The van der Waals surface area contributed by atoms with Gasteiger partial charge in [-0.1, -0.05) is 0 Å². The van der Waals surface area contributed by atoms with Crippen molar-refractivity contribution in [3.63, 3.8) is 0 Å². The maximum absolute atomic E-state index is 0. The van der Waals surface area contributed by atoms with Crippen LogP contribution in [0.1, 0.15) is 0 Å². The monoisotopic (exact) mass is 432 g/mol. The van der Waals surface area contributed by atoms with E-state index in [2.05, 4.69) is 0 Å². The van der Waals surface area contributed by atoms with Crippen molar-refractivity contribution in [3.8, 4) is 0 Å². The summed E-state index contributed by atoms with van der Waals surface area (Å²) in [6.07, 6.45) is 0. The van der Waals surface area contributed by atoms with E-state index in [1.54, 1.807) is 0 Å². The van der Waals surface area contributed by atoms with E-state index in [0.717, 1.165) is 0 Å². The van der Waals surface area contributed by atoms with Crippen molar-refractivity contribution in [2.45, 2.75) is 0 Å². The predicted octanol–water partition coefficient (Wildman–Crippen LogP) is -7.52. The molecule has 0 spiro atoms. The Morgan fingerprint density at radius 3 is 0.429 bits per heavy atom. The standard InChI is InChI=1S/2Li.Mo.4Se/q2*+1;;4*-2. The van der Waals surface area contributed by atoms with E-state index in [4.69, 9.17) is 0 Å². The van der Waals surface area contributed by atoms with Gasteiger partial charge in [-0.3, -0.25) is 0 Å². The molecule has 0 aliphatic heterocycles. The Bertz CT molecular complexity index is 9.65. The zero-order chi connectivity index (χ0) is 0. The van der Waals surface area contributed by atoms with Crippen molar-refractivity contribution in [2.75, 3.05) is 0 Å². The molecule has 0 radical (unpaired) electrons. The smallest absolute Gasteiger partial charge is 1.00 e. The first kappa shape index (κ1) is 69.3. The van der Waals surface area contributed by atoms with Gasteiger partial charge < -0.3 is 68.3 Å². The largest absolute Gasteiger partial charge is 2.00 e. The Hall–Kier alpha value is 3.96. The Labute approximate surface area is 125 Å². The Morgan fingerprint density at radius 1 is 0.429 bits per heavy atom. The van der Waals surface area contributed by atoms with Crippen LogP contribution in [0.3, 0.4) is 0 Å². The fraction of sp³-hybridized carbons (Fsp3) is 0. The summed E-state index contributed by atoms with van der Waals surface area (Å²) in [6.45, 7) is 0. The second-order valence-corrected chi connectivity index (χ2v) is 0. The molecular formula is Li2MoSe4-6. The molecule has 7 heavy (non-hydrogen) atoms. The third-order valence-corrected chi connectivity index (χ3v) is 0. The summed E-state index contributed by atoms with van der Waals surface area (Å²) in [7, 11) is 0. The Balaban J connectivity index is 0. The normalized spacial score (nSPS) is 0. The van der Waals surface area contributed by atoms with Crippen molar-refractivity contribution in [1.29, 1.82) is 0 Å². The molecule has 0 rings (SSSR count). The molecule has 0 heterocycles. The van der Waals surface area contributed by atoms with E-state index in [0.29, 0.717) is 0 Å². The van der Waals surface area contributed by atoms with Gasteiger partial charge in [0.2, 0.25) is 0 Å². The fourth-order valence-corrected chi connectivity index (χ4v) is 0. The molecule has 0 fully saturated rings. The molecule has 0 amide bonds. The molecule has 0 saturated heterocycles. The van der Waals surface area contributed by atoms with E-state index < -0.39 is 0 Å². The first-order chi connectivity index (χ1) is 0. The summed E-state index contributed by atoms with van der Waals surface area (Å²) in [5.41, 5.74) is 0. The van der Waals surface area contributed by atoms with Crippen LogP contribution >= 0.6 is 0 Å². The summed E-state index contributed by atoms with van der Waals surface area (Å²) in [6, 6.07) is 0. The third-order valence-electron chi connectivity index (χ3n) is 0. The molecule has 0 saturated carbocycles. The molecule has 0 N–H and O–H groups in total. The maximum atomic E-state index is 0. The van der Waals surface area contributed by atoms with Gasteiger partial charge in [0.25, 0.3) is 0 Å². The fourth-order valence-electron chi connectivity index (χ4n) is 0. The van der Waals surface area contributed by atoms with Crippen molar-refractivity contribution in [3.05, 3.63) is 0 Å². The van der Waals surface area contributed by atoms with E-state index in [1.165, 1.54) is 0 Å². The van der Waals surface area contributed by atoms with E-state index >= 15 is 0 Å². The summed E-state index contributed by atoms with van der Waals surface area (Å²) in [5, 5.41) is 0. The van der Waals surface area contributed by atoms with Crippen LogP contribution in [0, 0.1) is 0 Å². The third kappa shape index (κ3) is 40.2. The van der Waals surface area contributed by atoms with E-state index in [-0.39, 0.29) is 127 Å². The Kier molecular flexibility index (Phi) is 505. The molecule has 0 unspecified atom stereocenters. The van der Waals surface area contributed by atoms with Gasteiger partial charge >= 0.3 is 37.7 Å². The molecule has 0 aromatic carbocycles. The first-order valence-electron chi connectivity index (χ1n) is 0. The van der Waals surface area contributed by atoms with Gasteiger partial charge in [0.05, 0.1) is 0 Å². The van der Waals surface area contributed by atoms with Gasteiger partial charge in [0, 0.05) is 21.1 Å². The van der Waals surface area contributed by atoms with Crippen molar-refractivity contribution < 1.29 is 58.8 Å². The van der Waals surface area contributed by atoms with Gasteiger partial charge in [-0.25, -0.2) is 0 Å². The molecule has 7 heteroatoms. The summed E-state index contributed by atoms with van der Waals surface area (Å²) in [4.78, 5) is 0. The zero-order valence-electron chi connectivity index (χ0n) is 4.04. The zero-order valence-corrected chi connectivity index (χ0v) is 12.9. The molecular weight excluding hydrogens is 426 g/mol. The maximum Gasteiger partial charge on any atom is 1.00 e. The van der Waals surface area contributed by atoms with Gasteiger partial charge in [-0.15, -0.1) is 0 Å². The first-order valence-corrected chi connectivity index (χ1v) is 0. The quantitative estimate of drug-likeness (QED) is 0.339. The molecule has 0 aromatic heterocycles. The Morgan fingerprint density at radius 2 is 0.429 bits per heavy atom. The van der Waals surface area contributed by atoms with Crippen LogP contribution < -0.4 is 37.7 Å². The molecule has 0 aromatic rings. The summed E-state index contributed by atoms with van der Waals surface area (Å²) >= 11 is 0. The van der Waals surface area contributed by atoms with Crippen molar-refractivity contribution in [2.24, 2.45) is 0 Å². The van der Waals surface area contributed by atoms with Gasteiger partial charge in [-0.05, 0) is 0 Å². The molecule has 0 atom stereocenters. The van der Waals surface area contributed by atoms with Gasteiger partial charge in [0.1, 0.15) is 0 Å². The number of hydrogen-bond acceptors (Lipinski definition) is 0. The van der Waals surface area contributed by atoms with Gasteiger partial charge in [-0.2, -0.15) is 0 Å². The molecule has 0 bridgehead atoms. The molecule has 0 aliphatic rings. The van der Waals surface area contributed by atoms with Crippen molar-refractivity contribution >= 4 is 68.3 Å². The minimum Gasteiger partial charge on any atom is -2.00 e. The van der Waals surface area contributed by atoms with Crippen molar-refractivity contribution in [1.82, 2.24) is 0 Å². The summed E-state index contributed by atoms with van der Waals surface area (Å²) < 4.78 is 0. The number of rotatable bonds is 0. The second-order valence-electron chi connectivity index (χ2n) is 0. The van der Waals surface area contributed by atoms with Crippen LogP contribution in [-0.2, 0) is 21.1 Å². The van der Waals surface area contributed by atoms with E-state index in [1.807, 2.05) is 0 Å². The molecule has 0 aliphatic carbocycles. The van der Waals surface area contributed by atoms with E-state index in [9.17, 15) is 0 Å². The van der Waals surface area contributed by atoms with Crippen LogP contribution in [0.15, 0.2) is 0 Å². The van der Waals surface area contributed by atoms with Crippen LogP contribution in [0.4, 0.5) is 0 Å². The second kappa shape index (κ2) is 51.0.